The van der Waals surface area contributed by atoms with Crippen LogP contribution in [-0.2, 0) is 9.84 Å². The molecule has 0 amide bonds. The monoisotopic (exact) mass is 298 g/mol. The van der Waals surface area contributed by atoms with Gasteiger partial charge in [-0.05, 0) is 43.5 Å². The molecule has 0 saturated heterocycles. The second-order valence-electron chi connectivity index (χ2n) is 5.28. The van der Waals surface area contributed by atoms with Crippen molar-refractivity contribution in [1.82, 2.24) is 0 Å². The normalized spacial score (nSPS) is 13.2. The Morgan fingerprint density at radius 3 is 2.15 bits per heavy atom. The molecule has 1 aromatic carbocycles. The van der Waals surface area contributed by atoms with E-state index < -0.39 is 15.1 Å². The van der Waals surface area contributed by atoms with Crippen molar-refractivity contribution in [1.29, 1.82) is 0 Å². The molecule has 0 saturated carbocycles. The summed E-state index contributed by atoms with van der Waals surface area (Å²) in [6.45, 7) is 5.39. The van der Waals surface area contributed by atoms with Gasteiger partial charge in [0.1, 0.15) is 11.0 Å². The van der Waals surface area contributed by atoms with Gasteiger partial charge >= 0.3 is 0 Å². The number of methoxy groups -OCH3 is 1. The van der Waals surface area contributed by atoms with Gasteiger partial charge in [0.05, 0.1) is 12.9 Å². The summed E-state index contributed by atoms with van der Waals surface area (Å²) in [6, 6.07) is 6.49. The van der Waals surface area contributed by atoms with Crippen molar-refractivity contribution in [2.75, 3.05) is 12.9 Å². The maximum atomic E-state index is 12.2. The zero-order valence-corrected chi connectivity index (χ0v) is 13.2. The van der Waals surface area contributed by atoms with E-state index in [1.807, 2.05) is 13.8 Å². The lowest BCUT2D eigenvalue weighted by Gasteiger charge is -2.13. The molecule has 0 aliphatic rings. The zero-order valence-electron chi connectivity index (χ0n) is 12.4. The van der Waals surface area contributed by atoms with Gasteiger partial charge in [-0.25, -0.2) is 8.42 Å². The van der Waals surface area contributed by atoms with Crippen LogP contribution in [0.5, 0.6) is 5.75 Å². The third-order valence-electron chi connectivity index (χ3n) is 3.26. The van der Waals surface area contributed by atoms with Crippen molar-refractivity contribution in [2.24, 2.45) is 5.92 Å². The van der Waals surface area contributed by atoms with Crippen LogP contribution in [0.2, 0.25) is 0 Å². The molecule has 0 aliphatic heterocycles. The fraction of sp³-hybridized carbons (Fsp3) is 0.533. The average Bonchev–Trinajstić information content (AvgIpc) is 2.43. The first-order valence-electron chi connectivity index (χ1n) is 6.67. The lowest BCUT2D eigenvalue weighted by atomic mass is 10.1. The van der Waals surface area contributed by atoms with Gasteiger partial charge in [-0.15, -0.1) is 0 Å². The number of Topliss-reactive ketones (excluding diaryl/α,β-unsaturated/α-hetero) is 1. The largest absolute Gasteiger partial charge is 0.497 e. The quantitative estimate of drug-likeness (QED) is 0.726. The summed E-state index contributed by atoms with van der Waals surface area (Å²) in [6.07, 6.45) is 0.572. The predicted octanol–water partition coefficient (Wildman–Crippen LogP) is 2.73. The highest BCUT2D eigenvalue weighted by Crippen LogP contribution is 2.17. The van der Waals surface area contributed by atoms with Crippen LogP contribution in [0.15, 0.2) is 24.3 Å². The summed E-state index contributed by atoms with van der Waals surface area (Å²) < 4.78 is 29.3. The number of hydrogen-bond donors (Lipinski definition) is 0. The van der Waals surface area contributed by atoms with Gasteiger partial charge in [-0.2, -0.15) is 0 Å². The molecule has 4 nitrogen and oxygen atoms in total. The highest BCUT2D eigenvalue weighted by Gasteiger charge is 2.28. The lowest BCUT2D eigenvalue weighted by Crippen LogP contribution is -2.30. The minimum Gasteiger partial charge on any atom is -0.497 e. The number of carbonyl (C=O) groups excluding carboxylic acids is 1. The molecule has 0 aromatic heterocycles. The standard InChI is InChI=1S/C15H22O4S/c1-11(2)9-10-20(17,18)12(3)15(16)13-5-7-14(19-4)8-6-13/h5-8,11-12H,9-10H2,1-4H3. The maximum Gasteiger partial charge on any atom is 0.180 e. The van der Waals surface area contributed by atoms with Crippen LogP contribution in [0.4, 0.5) is 0 Å². The molecule has 0 radical (unpaired) electrons. The first-order valence-corrected chi connectivity index (χ1v) is 8.39. The smallest absolute Gasteiger partial charge is 0.180 e. The fourth-order valence-electron chi connectivity index (χ4n) is 1.73. The molecule has 1 atom stereocenters. The summed E-state index contributed by atoms with van der Waals surface area (Å²) in [4.78, 5) is 12.2. The Balaban J connectivity index is 2.84. The van der Waals surface area contributed by atoms with E-state index in [0.29, 0.717) is 23.7 Å². The maximum absolute atomic E-state index is 12.2. The molecule has 0 spiro atoms. The molecule has 112 valence electrons. The van der Waals surface area contributed by atoms with E-state index in [1.54, 1.807) is 24.3 Å². The van der Waals surface area contributed by atoms with Crippen LogP contribution in [0.3, 0.4) is 0 Å². The SMILES string of the molecule is COc1ccc(C(=O)C(C)S(=O)(=O)CCC(C)C)cc1. The van der Waals surface area contributed by atoms with Gasteiger partial charge in [0.15, 0.2) is 15.6 Å². The Morgan fingerprint density at radius 1 is 1.15 bits per heavy atom. The summed E-state index contributed by atoms with van der Waals surface area (Å²) in [5.41, 5.74) is 0.395. The molecule has 0 fully saturated rings. The van der Waals surface area contributed by atoms with E-state index >= 15 is 0 Å². The number of sulfone groups is 1. The van der Waals surface area contributed by atoms with E-state index in [1.165, 1.54) is 14.0 Å². The first-order chi connectivity index (χ1) is 9.27. The molecule has 1 rings (SSSR count). The molecule has 1 aromatic rings. The van der Waals surface area contributed by atoms with Crippen molar-refractivity contribution >= 4 is 15.6 Å². The zero-order chi connectivity index (χ0) is 15.3. The fourth-order valence-corrected chi connectivity index (χ4v) is 3.35. The molecule has 0 aliphatic carbocycles. The van der Waals surface area contributed by atoms with Crippen molar-refractivity contribution in [3.05, 3.63) is 29.8 Å². The van der Waals surface area contributed by atoms with Crippen molar-refractivity contribution < 1.29 is 17.9 Å². The van der Waals surface area contributed by atoms with Gasteiger partial charge < -0.3 is 4.74 Å². The van der Waals surface area contributed by atoms with Crippen LogP contribution in [0.25, 0.3) is 0 Å². The third kappa shape index (κ3) is 4.34. The topological polar surface area (TPSA) is 60.4 Å². The van der Waals surface area contributed by atoms with E-state index in [2.05, 4.69) is 0 Å². The van der Waals surface area contributed by atoms with Crippen LogP contribution in [-0.4, -0.2) is 32.3 Å². The lowest BCUT2D eigenvalue weighted by molar-refractivity contribution is 0.0991. The summed E-state index contributed by atoms with van der Waals surface area (Å²) in [5, 5.41) is -1.00. The summed E-state index contributed by atoms with van der Waals surface area (Å²) >= 11 is 0. The van der Waals surface area contributed by atoms with Crippen molar-refractivity contribution in [3.63, 3.8) is 0 Å². The Labute approximate surface area is 121 Å². The van der Waals surface area contributed by atoms with Gasteiger partial charge in [0.25, 0.3) is 0 Å². The van der Waals surface area contributed by atoms with E-state index in [4.69, 9.17) is 4.74 Å². The van der Waals surface area contributed by atoms with Crippen LogP contribution in [0, 0.1) is 5.92 Å². The predicted molar refractivity (Wildman–Crippen MR) is 80.0 cm³/mol. The minimum atomic E-state index is -3.40. The highest BCUT2D eigenvalue weighted by atomic mass is 32.2. The minimum absolute atomic E-state index is 0.0493. The number of ether oxygens (including phenoxy) is 1. The van der Waals surface area contributed by atoms with Crippen LogP contribution < -0.4 is 4.74 Å². The van der Waals surface area contributed by atoms with Crippen LogP contribution in [0.1, 0.15) is 37.6 Å². The van der Waals surface area contributed by atoms with Crippen LogP contribution >= 0.6 is 0 Å². The molecule has 5 heteroatoms. The Hall–Kier alpha value is -1.36. The molecule has 0 bridgehead atoms. The Morgan fingerprint density at radius 2 is 1.70 bits per heavy atom. The van der Waals surface area contributed by atoms with Gasteiger partial charge in [-0.1, -0.05) is 13.8 Å². The Bertz CT molecular complexity index is 544. The van der Waals surface area contributed by atoms with E-state index in [-0.39, 0.29) is 11.5 Å². The summed E-state index contributed by atoms with van der Waals surface area (Å²) in [7, 11) is -1.86. The number of carbonyl (C=O) groups is 1. The van der Waals surface area contributed by atoms with Gasteiger partial charge in [-0.3, -0.25) is 4.79 Å². The molecule has 0 N–H and O–H groups in total. The molecule has 20 heavy (non-hydrogen) atoms. The van der Waals surface area contributed by atoms with Crippen molar-refractivity contribution in [3.8, 4) is 5.75 Å². The van der Waals surface area contributed by atoms with Crippen molar-refractivity contribution in [2.45, 2.75) is 32.4 Å². The molecular formula is C15H22O4S. The number of rotatable bonds is 7. The van der Waals surface area contributed by atoms with Gasteiger partial charge in [0.2, 0.25) is 0 Å². The Kier molecular flexibility index (Phi) is 5.74. The summed E-state index contributed by atoms with van der Waals surface area (Å²) in [5.74, 6) is 0.620. The second-order valence-corrected chi connectivity index (χ2v) is 7.73. The number of ketones is 1. The molecular weight excluding hydrogens is 276 g/mol. The number of benzene rings is 1. The molecule has 1 unspecified atom stereocenters. The second kappa shape index (κ2) is 6.88. The van der Waals surface area contributed by atoms with E-state index in [9.17, 15) is 13.2 Å². The average molecular weight is 298 g/mol. The number of hydrogen-bond acceptors (Lipinski definition) is 4. The molecule has 0 heterocycles. The highest BCUT2D eigenvalue weighted by molar-refractivity contribution is 7.92. The van der Waals surface area contributed by atoms with Gasteiger partial charge in [0, 0.05) is 5.56 Å². The first kappa shape index (κ1) is 16.7. The third-order valence-corrected chi connectivity index (χ3v) is 5.36. The van der Waals surface area contributed by atoms with E-state index in [0.717, 1.165) is 0 Å².